The fourth-order valence-electron chi connectivity index (χ4n) is 1.24. The van der Waals surface area contributed by atoms with Crippen LogP contribution in [0.1, 0.15) is 5.69 Å². The van der Waals surface area contributed by atoms with Crippen LogP contribution in [0.4, 0.5) is 5.82 Å². The molecule has 0 saturated heterocycles. The number of hydrogen-bond acceptors (Lipinski definition) is 5. The number of hydrazine groups is 1. The summed E-state index contributed by atoms with van der Waals surface area (Å²) in [7, 11) is 0. The van der Waals surface area contributed by atoms with Gasteiger partial charge in [-0.05, 0) is 24.3 Å². The number of nitrogens with one attached hydrogen (secondary N) is 1. The predicted molar refractivity (Wildman–Crippen MR) is 70.9 cm³/mol. The molecule has 0 spiro atoms. The molecule has 0 aliphatic rings. The Balaban J connectivity index is 2.08. The van der Waals surface area contributed by atoms with Crippen LogP contribution in [0.15, 0.2) is 41.6 Å². The number of hydrogen-bond donors (Lipinski definition) is 2. The first-order valence-corrected chi connectivity index (χ1v) is 6.32. The first-order chi connectivity index (χ1) is 8.29. The number of aromatic nitrogens is 2. The van der Waals surface area contributed by atoms with Crippen LogP contribution in [-0.4, -0.2) is 9.97 Å². The maximum absolute atomic E-state index is 6.05. The van der Waals surface area contributed by atoms with Gasteiger partial charge in [0.2, 0.25) is 0 Å². The van der Waals surface area contributed by atoms with Crippen molar-refractivity contribution >= 4 is 29.2 Å². The van der Waals surface area contributed by atoms with Crippen molar-refractivity contribution in [2.24, 2.45) is 5.84 Å². The van der Waals surface area contributed by atoms with E-state index in [1.807, 2.05) is 18.2 Å². The maximum atomic E-state index is 6.05. The molecule has 0 bridgehead atoms. The summed E-state index contributed by atoms with van der Waals surface area (Å²) in [5, 5.41) is 1.57. The quantitative estimate of drug-likeness (QED) is 0.506. The molecule has 88 valence electrons. The van der Waals surface area contributed by atoms with Crippen molar-refractivity contribution < 1.29 is 0 Å². The van der Waals surface area contributed by atoms with Crippen molar-refractivity contribution in [2.75, 3.05) is 5.43 Å². The highest BCUT2D eigenvalue weighted by atomic mass is 35.5. The van der Waals surface area contributed by atoms with Gasteiger partial charge in [-0.25, -0.2) is 15.8 Å². The van der Waals surface area contributed by atoms with E-state index in [0.29, 0.717) is 16.6 Å². The van der Waals surface area contributed by atoms with Crippen LogP contribution in [0.5, 0.6) is 0 Å². The van der Waals surface area contributed by atoms with Crippen molar-refractivity contribution in [3.8, 4) is 0 Å². The molecule has 6 heteroatoms. The number of nitrogens with two attached hydrogens (primary N) is 1. The topological polar surface area (TPSA) is 63.8 Å². The van der Waals surface area contributed by atoms with Crippen LogP contribution >= 0.6 is 23.4 Å². The van der Waals surface area contributed by atoms with E-state index in [-0.39, 0.29) is 0 Å². The van der Waals surface area contributed by atoms with E-state index in [1.54, 1.807) is 30.1 Å². The zero-order valence-corrected chi connectivity index (χ0v) is 10.5. The highest BCUT2D eigenvalue weighted by Gasteiger charge is 2.05. The normalized spacial score (nSPS) is 10.2. The fraction of sp³-hybridized carbons (Fsp3) is 0.0909. The van der Waals surface area contributed by atoms with E-state index >= 15 is 0 Å². The molecule has 2 heterocycles. The summed E-state index contributed by atoms with van der Waals surface area (Å²) in [5.74, 6) is 6.56. The van der Waals surface area contributed by atoms with Crippen LogP contribution < -0.4 is 11.3 Å². The lowest BCUT2D eigenvalue weighted by atomic mass is 10.4. The molecule has 0 amide bonds. The van der Waals surface area contributed by atoms with Gasteiger partial charge in [0.1, 0.15) is 5.82 Å². The van der Waals surface area contributed by atoms with Crippen molar-refractivity contribution in [3.05, 3.63) is 47.2 Å². The second-order valence-electron chi connectivity index (χ2n) is 3.23. The molecule has 3 N–H and O–H groups in total. The third-order valence-corrected chi connectivity index (χ3v) is 3.36. The fourth-order valence-corrected chi connectivity index (χ4v) is 2.31. The molecule has 4 nitrogen and oxygen atoms in total. The molecule has 2 aromatic rings. The molecular formula is C11H11ClN4S. The predicted octanol–water partition coefficient (Wildman–Crippen LogP) is 2.71. The Morgan fingerprint density at radius 2 is 2.18 bits per heavy atom. The number of pyridine rings is 2. The van der Waals surface area contributed by atoms with Crippen molar-refractivity contribution in [2.45, 2.75) is 10.8 Å². The monoisotopic (exact) mass is 266 g/mol. The Morgan fingerprint density at radius 1 is 1.29 bits per heavy atom. The summed E-state index contributed by atoms with van der Waals surface area (Å²) in [6.07, 6.45) is 1.76. The first kappa shape index (κ1) is 12.2. The molecule has 2 aromatic heterocycles. The minimum absolute atomic E-state index is 0.603. The van der Waals surface area contributed by atoms with E-state index in [4.69, 9.17) is 17.4 Å². The van der Waals surface area contributed by atoms with Gasteiger partial charge in [0.25, 0.3) is 0 Å². The van der Waals surface area contributed by atoms with E-state index in [9.17, 15) is 0 Å². The van der Waals surface area contributed by atoms with Crippen molar-refractivity contribution in [3.63, 3.8) is 0 Å². The van der Waals surface area contributed by atoms with Crippen LogP contribution in [-0.2, 0) is 5.75 Å². The molecule has 0 aromatic carbocycles. The molecule has 0 saturated carbocycles. The highest BCUT2D eigenvalue weighted by Crippen LogP contribution is 2.24. The third-order valence-electron chi connectivity index (χ3n) is 2.06. The van der Waals surface area contributed by atoms with Crippen LogP contribution in [0.3, 0.4) is 0 Å². The van der Waals surface area contributed by atoms with Crippen LogP contribution in [0.2, 0.25) is 5.02 Å². The molecule has 0 atom stereocenters. The Labute approximate surface area is 109 Å². The van der Waals surface area contributed by atoms with E-state index in [1.165, 1.54) is 0 Å². The zero-order valence-electron chi connectivity index (χ0n) is 8.93. The molecule has 0 aliphatic heterocycles. The Kier molecular flexibility index (Phi) is 4.19. The Bertz CT molecular complexity index is 492. The summed E-state index contributed by atoms with van der Waals surface area (Å²) in [5.41, 5.74) is 3.29. The van der Waals surface area contributed by atoms with Crippen molar-refractivity contribution in [1.82, 2.24) is 9.97 Å². The highest BCUT2D eigenvalue weighted by molar-refractivity contribution is 7.98. The molecule has 2 rings (SSSR count). The number of nitrogens with zero attached hydrogens (tertiary/aromatic N) is 2. The second-order valence-corrected chi connectivity index (χ2v) is 4.63. The van der Waals surface area contributed by atoms with Gasteiger partial charge in [0.15, 0.2) is 0 Å². The summed E-state index contributed by atoms with van der Waals surface area (Å²) >= 11 is 7.63. The van der Waals surface area contributed by atoms with Gasteiger partial charge >= 0.3 is 0 Å². The minimum Gasteiger partial charge on any atom is -0.308 e. The maximum Gasteiger partial charge on any atom is 0.140 e. The Morgan fingerprint density at radius 3 is 2.88 bits per heavy atom. The summed E-state index contributed by atoms with van der Waals surface area (Å²) < 4.78 is 0. The van der Waals surface area contributed by atoms with Gasteiger partial charge in [-0.2, -0.15) is 0 Å². The van der Waals surface area contributed by atoms with Gasteiger partial charge < -0.3 is 5.43 Å². The van der Waals surface area contributed by atoms with Gasteiger partial charge in [0, 0.05) is 11.9 Å². The second kappa shape index (κ2) is 5.86. The number of rotatable bonds is 4. The van der Waals surface area contributed by atoms with Gasteiger partial charge in [-0.15, -0.1) is 0 Å². The Hall–Kier alpha value is -1.30. The van der Waals surface area contributed by atoms with Crippen LogP contribution in [0, 0.1) is 0 Å². The third kappa shape index (κ3) is 3.33. The summed E-state index contributed by atoms with van der Waals surface area (Å²) in [6, 6.07) is 9.29. The number of thioether (sulfide) groups is 1. The number of anilines is 1. The molecule has 0 radical (unpaired) electrons. The van der Waals surface area contributed by atoms with Gasteiger partial charge in [-0.3, -0.25) is 0 Å². The minimum atomic E-state index is 0.603. The molecule has 0 unspecified atom stereocenters. The van der Waals surface area contributed by atoms with Crippen molar-refractivity contribution in [1.29, 1.82) is 0 Å². The van der Waals surface area contributed by atoms with Crippen LogP contribution in [0.25, 0.3) is 0 Å². The largest absolute Gasteiger partial charge is 0.308 e. The standard InChI is InChI=1S/C11H11ClN4S/c12-8-4-5-10(16-13)15-9(8)7-17-11-3-1-2-6-14-11/h1-6H,7,13H2,(H,15,16). The van der Waals surface area contributed by atoms with Gasteiger partial charge in [0.05, 0.1) is 15.7 Å². The SMILES string of the molecule is NNc1ccc(Cl)c(CSc2ccccn2)n1. The molecule has 17 heavy (non-hydrogen) atoms. The molecule has 0 fully saturated rings. The van der Waals surface area contributed by atoms with E-state index < -0.39 is 0 Å². The number of halogens is 1. The number of nitrogen functional groups attached to an aromatic ring is 1. The zero-order chi connectivity index (χ0) is 12.1. The summed E-state index contributed by atoms with van der Waals surface area (Å²) in [6.45, 7) is 0. The lowest BCUT2D eigenvalue weighted by Crippen LogP contribution is -2.09. The lowest BCUT2D eigenvalue weighted by molar-refractivity contribution is 1.11. The van der Waals surface area contributed by atoms with E-state index in [0.717, 1.165) is 10.7 Å². The molecule has 0 aliphatic carbocycles. The average Bonchev–Trinajstić information content (AvgIpc) is 2.39. The molecular weight excluding hydrogens is 256 g/mol. The van der Waals surface area contributed by atoms with Gasteiger partial charge in [-0.1, -0.05) is 29.4 Å². The smallest absolute Gasteiger partial charge is 0.140 e. The first-order valence-electron chi connectivity index (χ1n) is 4.95. The lowest BCUT2D eigenvalue weighted by Gasteiger charge is -2.05. The average molecular weight is 267 g/mol. The van der Waals surface area contributed by atoms with E-state index in [2.05, 4.69) is 15.4 Å². The summed E-state index contributed by atoms with van der Waals surface area (Å²) in [4.78, 5) is 8.51.